The van der Waals surface area contributed by atoms with Gasteiger partial charge < -0.3 is 24.6 Å². The Kier molecular flexibility index (Phi) is 6.51. The average Bonchev–Trinajstić information content (AvgIpc) is 3.33. The van der Waals surface area contributed by atoms with Crippen LogP contribution in [0.2, 0.25) is 5.02 Å². The molecule has 0 atom stereocenters. The molecular weight excluding hydrogens is 482 g/mol. The minimum absolute atomic E-state index is 0.109. The molecule has 10 nitrogen and oxygen atoms in total. The van der Waals surface area contributed by atoms with Crippen molar-refractivity contribution in [2.75, 3.05) is 50.6 Å². The van der Waals surface area contributed by atoms with E-state index in [4.69, 9.17) is 21.1 Å². The zero-order valence-electron chi connectivity index (χ0n) is 20.2. The van der Waals surface area contributed by atoms with E-state index in [1.54, 1.807) is 33.5 Å². The predicted molar refractivity (Wildman–Crippen MR) is 139 cm³/mol. The first-order valence-electron chi connectivity index (χ1n) is 11.5. The van der Waals surface area contributed by atoms with Crippen LogP contribution in [0.4, 0.5) is 17.3 Å². The second-order valence-corrected chi connectivity index (χ2v) is 8.74. The molecule has 0 aliphatic carbocycles. The van der Waals surface area contributed by atoms with Gasteiger partial charge in [-0.3, -0.25) is 9.20 Å². The molecule has 1 N–H and O–H groups in total. The first-order chi connectivity index (χ1) is 17.5. The van der Waals surface area contributed by atoms with Crippen LogP contribution in [0.1, 0.15) is 6.92 Å². The van der Waals surface area contributed by atoms with Gasteiger partial charge >= 0.3 is 0 Å². The number of amides is 1. The van der Waals surface area contributed by atoms with Crippen LogP contribution in [-0.2, 0) is 4.79 Å². The van der Waals surface area contributed by atoms with Crippen molar-refractivity contribution in [1.82, 2.24) is 24.3 Å². The Bertz CT molecular complexity index is 1420. The molecule has 5 rings (SSSR count). The van der Waals surface area contributed by atoms with E-state index in [-0.39, 0.29) is 5.91 Å². The normalized spacial score (nSPS) is 13.7. The molecule has 3 aromatic heterocycles. The molecule has 4 heterocycles. The van der Waals surface area contributed by atoms with Crippen LogP contribution >= 0.6 is 11.6 Å². The predicted octanol–water partition coefficient (Wildman–Crippen LogP) is 3.87. The highest BCUT2D eigenvalue weighted by Crippen LogP contribution is 2.33. The molecule has 0 saturated carbocycles. The van der Waals surface area contributed by atoms with Gasteiger partial charge in [0.05, 0.1) is 43.0 Å². The van der Waals surface area contributed by atoms with Crippen molar-refractivity contribution >= 4 is 40.5 Å². The third-order valence-corrected chi connectivity index (χ3v) is 6.51. The third-order valence-electron chi connectivity index (χ3n) is 6.23. The van der Waals surface area contributed by atoms with E-state index >= 15 is 0 Å². The molecule has 0 bridgehead atoms. The minimum atomic E-state index is 0.109. The van der Waals surface area contributed by atoms with Gasteiger partial charge in [0.15, 0.2) is 0 Å². The number of imidazole rings is 1. The van der Waals surface area contributed by atoms with Crippen molar-refractivity contribution in [3.05, 3.63) is 53.9 Å². The lowest BCUT2D eigenvalue weighted by atomic mass is 10.2. The van der Waals surface area contributed by atoms with Gasteiger partial charge in [-0.2, -0.15) is 0 Å². The lowest BCUT2D eigenvalue weighted by molar-refractivity contribution is -0.129. The van der Waals surface area contributed by atoms with Crippen LogP contribution in [0.25, 0.3) is 17.0 Å². The summed E-state index contributed by atoms with van der Waals surface area (Å²) in [5.74, 6) is 1.85. The fourth-order valence-electron chi connectivity index (χ4n) is 4.25. The summed E-state index contributed by atoms with van der Waals surface area (Å²) in [5.41, 5.74) is 3.75. The number of carbonyl (C=O) groups is 1. The zero-order chi connectivity index (χ0) is 25.2. The maximum atomic E-state index is 11.6. The van der Waals surface area contributed by atoms with Crippen LogP contribution in [-0.4, -0.2) is 70.6 Å². The van der Waals surface area contributed by atoms with Crippen LogP contribution in [0, 0.1) is 0 Å². The minimum Gasteiger partial charge on any atom is -0.497 e. The van der Waals surface area contributed by atoms with E-state index < -0.39 is 0 Å². The van der Waals surface area contributed by atoms with Gasteiger partial charge in [-0.05, 0) is 18.2 Å². The summed E-state index contributed by atoms with van der Waals surface area (Å²) in [6.45, 7) is 4.55. The largest absolute Gasteiger partial charge is 0.497 e. The molecule has 1 amide bonds. The van der Waals surface area contributed by atoms with Gasteiger partial charge in [0.25, 0.3) is 0 Å². The summed E-state index contributed by atoms with van der Waals surface area (Å²) in [7, 11) is 3.24. The highest BCUT2D eigenvalue weighted by atomic mass is 35.5. The molecule has 0 radical (unpaired) electrons. The zero-order valence-corrected chi connectivity index (χ0v) is 21.0. The van der Waals surface area contributed by atoms with E-state index in [0.29, 0.717) is 41.3 Å². The van der Waals surface area contributed by atoms with Gasteiger partial charge in [0.1, 0.15) is 22.8 Å². The number of halogens is 1. The van der Waals surface area contributed by atoms with E-state index in [9.17, 15) is 4.79 Å². The molecule has 36 heavy (non-hydrogen) atoms. The Labute approximate surface area is 213 Å². The SMILES string of the molecule is COc1ccn2c(-c3nc(Nc4ccc(N5CCN(C(C)=O)CC5)cc4OC)ncc3Cl)cnc2c1. The number of carbonyl (C=O) groups excluding carboxylic acids is 1. The first kappa shape index (κ1) is 23.7. The summed E-state index contributed by atoms with van der Waals surface area (Å²) in [5, 5.41) is 3.65. The fourth-order valence-corrected chi connectivity index (χ4v) is 4.44. The Hall–Kier alpha value is -4.05. The maximum Gasteiger partial charge on any atom is 0.227 e. The van der Waals surface area contributed by atoms with E-state index in [1.807, 2.05) is 45.8 Å². The highest BCUT2D eigenvalue weighted by molar-refractivity contribution is 6.32. The third kappa shape index (κ3) is 4.59. The number of fused-ring (bicyclic) bond motifs is 1. The summed E-state index contributed by atoms with van der Waals surface area (Å²) in [6.07, 6.45) is 5.14. The molecule has 1 aliphatic heterocycles. The van der Waals surface area contributed by atoms with Gasteiger partial charge in [-0.25, -0.2) is 15.0 Å². The number of hydrogen-bond donors (Lipinski definition) is 1. The van der Waals surface area contributed by atoms with Crippen LogP contribution in [0.3, 0.4) is 0 Å². The van der Waals surface area contributed by atoms with Gasteiger partial charge in [0.2, 0.25) is 11.9 Å². The molecule has 1 aliphatic rings. The number of piperazine rings is 1. The number of methoxy groups -OCH3 is 2. The van der Waals surface area contributed by atoms with Crippen molar-refractivity contribution in [1.29, 1.82) is 0 Å². The molecule has 0 unspecified atom stereocenters. The second kappa shape index (κ2) is 9.90. The molecule has 11 heteroatoms. The number of ether oxygens (including phenoxy) is 2. The number of hydrogen-bond acceptors (Lipinski definition) is 8. The Balaban J connectivity index is 1.39. The Morgan fingerprint density at radius 3 is 2.56 bits per heavy atom. The van der Waals surface area contributed by atoms with Gasteiger partial charge in [0, 0.05) is 57.1 Å². The van der Waals surface area contributed by atoms with Crippen molar-refractivity contribution in [3.8, 4) is 22.9 Å². The molecular formula is C25H26ClN7O3. The lowest BCUT2D eigenvalue weighted by Gasteiger charge is -2.35. The summed E-state index contributed by atoms with van der Waals surface area (Å²) in [6, 6.07) is 9.61. The molecule has 1 saturated heterocycles. The highest BCUT2D eigenvalue weighted by Gasteiger charge is 2.20. The quantitative estimate of drug-likeness (QED) is 0.420. The summed E-state index contributed by atoms with van der Waals surface area (Å²) in [4.78, 5) is 29.2. The number of anilines is 3. The Morgan fingerprint density at radius 2 is 1.83 bits per heavy atom. The number of aromatic nitrogens is 4. The molecule has 1 aromatic carbocycles. The smallest absolute Gasteiger partial charge is 0.227 e. The number of nitrogens with zero attached hydrogens (tertiary/aromatic N) is 6. The van der Waals surface area contributed by atoms with Crippen molar-refractivity contribution in [2.24, 2.45) is 0 Å². The average molecular weight is 508 g/mol. The number of nitrogens with one attached hydrogen (secondary N) is 1. The van der Waals surface area contributed by atoms with Crippen LogP contribution in [0.15, 0.2) is 48.9 Å². The van der Waals surface area contributed by atoms with Crippen molar-refractivity contribution < 1.29 is 14.3 Å². The molecule has 4 aromatic rings. The number of benzene rings is 1. The standard InChI is InChI=1S/C25H26ClN7O3/c1-16(34)31-8-10-32(11-9-31)17-4-5-20(22(12-17)36-3)29-25-28-14-19(26)24(30-25)21-15-27-23-13-18(35-2)6-7-33(21)23/h4-7,12-15H,8-11H2,1-3H3,(H,28,29,30). The summed E-state index contributed by atoms with van der Waals surface area (Å²) < 4.78 is 12.8. The van der Waals surface area contributed by atoms with Crippen LogP contribution in [0.5, 0.6) is 11.5 Å². The molecule has 1 fully saturated rings. The van der Waals surface area contributed by atoms with Gasteiger partial charge in [-0.15, -0.1) is 0 Å². The number of pyridine rings is 1. The Morgan fingerprint density at radius 1 is 1.03 bits per heavy atom. The lowest BCUT2D eigenvalue weighted by Crippen LogP contribution is -2.48. The summed E-state index contributed by atoms with van der Waals surface area (Å²) >= 11 is 6.47. The van der Waals surface area contributed by atoms with Crippen molar-refractivity contribution in [3.63, 3.8) is 0 Å². The fraction of sp³-hybridized carbons (Fsp3) is 0.280. The van der Waals surface area contributed by atoms with Crippen LogP contribution < -0.4 is 19.7 Å². The number of rotatable bonds is 6. The van der Waals surface area contributed by atoms with E-state index in [2.05, 4.69) is 25.2 Å². The van der Waals surface area contributed by atoms with E-state index in [1.165, 1.54) is 0 Å². The van der Waals surface area contributed by atoms with Gasteiger partial charge in [-0.1, -0.05) is 11.6 Å². The molecule has 186 valence electrons. The second-order valence-electron chi connectivity index (χ2n) is 8.33. The topological polar surface area (TPSA) is 97.1 Å². The monoisotopic (exact) mass is 507 g/mol. The van der Waals surface area contributed by atoms with Crippen molar-refractivity contribution in [2.45, 2.75) is 6.92 Å². The maximum absolute atomic E-state index is 11.6. The van der Waals surface area contributed by atoms with E-state index in [0.717, 1.165) is 35.8 Å². The first-order valence-corrected chi connectivity index (χ1v) is 11.8. The molecule has 0 spiro atoms.